The second-order valence-corrected chi connectivity index (χ2v) is 6.92. The smallest absolute Gasteiger partial charge is 0.265 e. The summed E-state index contributed by atoms with van der Waals surface area (Å²) in [6.45, 7) is 1.24. The van der Waals surface area contributed by atoms with E-state index in [1.54, 1.807) is 12.1 Å². The maximum atomic E-state index is 9.79. The highest BCUT2D eigenvalue weighted by molar-refractivity contribution is 5.27. The van der Waals surface area contributed by atoms with Crippen molar-refractivity contribution < 1.29 is 14.7 Å². The Hall–Kier alpha value is -2.12. The fraction of sp³-hybridized carbons (Fsp3) is 0.556. The first-order valence-corrected chi connectivity index (χ1v) is 8.71. The van der Waals surface area contributed by atoms with Gasteiger partial charge < -0.3 is 19.6 Å². The summed E-state index contributed by atoms with van der Waals surface area (Å²) in [5, 5.41) is 23.5. The Morgan fingerprint density at radius 2 is 1.92 bits per heavy atom. The van der Waals surface area contributed by atoms with Crippen LogP contribution in [0.5, 0.6) is 5.75 Å². The van der Waals surface area contributed by atoms with Gasteiger partial charge >= 0.3 is 0 Å². The van der Waals surface area contributed by atoms with E-state index in [9.17, 15) is 10.2 Å². The van der Waals surface area contributed by atoms with Crippen LogP contribution in [-0.4, -0.2) is 51.5 Å². The lowest BCUT2D eigenvalue weighted by Crippen LogP contribution is -2.38. The van der Waals surface area contributed by atoms with Gasteiger partial charge in [-0.25, -0.2) is 0 Å². The fourth-order valence-electron chi connectivity index (χ4n) is 3.29. The van der Waals surface area contributed by atoms with E-state index < -0.39 is 0 Å². The van der Waals surface area contributed by atoms with Crippen molar-refractivity contribution in [2.24, 2.45) is 0 Å². The number of hydrogen-bond acceptors (Lipinski definition) is 7. The zero-order valence-electron chi connectivity index (χ0n) is 14.8. The summed E-state index contributed by atoms with van der Waals surface area (Å²) in [6.07, 6.45) is 3.31. The molecule has 7 nitrogen and oxygen atoms in total. The fourth-order valence-corrected chi connectivity index (χ4v) is 3.29. The summed E-state index contributed by atoms with van der Waals surface area (Å²) in [4.78, 5) is 8.53. The van der Waals surface area contributed by atoms with Crippen molar-refractivity contribution >= 4 is 5.95 Å². The predicted molar refractivity (Wildman–Crippen MR) is 94.2 cm³/mol. The number of rotatable bonds is 6. The van der Waals surface area contributed by atoms with E-state index in [1.165, 1.54) is 0 Å². The van der Waals surface area contributed by atoms with Crippen LogP contribution in [0.2, 0.25) is 0 Å². The first kappa shape index (κ1) is 17.7. The average Bonchev–Trinajstić information content (AvgIpc) is 3.04. The Kier molecular flexibility index (Phi) is 5.55. The number of aromatic hydroxyl groups is 1. The number of nitrogens with zero attached hydrogens (tertiary/aromatic N) is 4. The summed E-state index contributed by atoms with van der Waals surface area (Å²) < 4.78 is 5.39. The Morgan fingerprint density at radius 1 is 1.16 bits per heavy atom. The van der Waals surface area contributed by atoms with E-state index in [0.717, 1.165) is 31.2 Å². The first-order chi connectivity index (χ1) is 12.0. The molecule has 0 radical (unpaired) electrons. The number of benzene rings is 1. The largest absolute Gasteiger partial charge is 0.508 e. The molecule has 1 heterocycles. The zero-order chi connectivity index (χ0) is 17.8. The number of phenolic OH excluding ortho intramolecular Hbond substituents is 1. The number of anilines is 1. The molecule has 1 fully saturated rings. The number of aliphatic hydroxyl groups is 1. The Balaban J connectivity index is 1.75. The average molecular weight is 346 g/mol. The molecule has 0 unspecified atom stereocenters. The number of aliphatic hydroxyl groups excluding tert-OH is 1. The minimum atomic E-state index is -0.192. The van der Waals surface area contributed by atoms with E-state index in [1.807, 2.05) is 31.1 Å². The zero-order valence-corrected chi connectivity index (χ0v) is 14.8. The predicted octanol–water partition coefficient (Wildman–Crippen LogP) is 2.15. The molecular weight excluding hydrogens is 320 g/mol. The van der Waals surface area contributed by atoms with Crippen molar-refractivity contribution in [3.8, 4) is 5.75 Å². The van der Waals surface area contributed by atoms with Crippen LogP contribution in [0.1, 0.15) is 37.1 Å². The van der Waals surface area contributed by atoms with E-state index in [0.29, 0.717) is 31.0 Å². The third-order valence-electron chi connectivity index (χ3n) is 4.67. The van der Waals surface area contributed by atoms with Crippen LogP contribution in [-0.2, 0) is 13.1 Å². The topological polar surface area (TPSA) is 85.9 Å². The molecule has 136 valence electrons. The molecule has 2 N–H and O–H groups in total. The Labute approximate surface area is 147 Å². The van der Waals surface area contributed by atoms with Gasteiger partial charge in [-0.3, -0.25) is 4.90 Å². The number of phenols is 1. The molecule has 1 aromatic heterocycles. The molecule has 0 spiro atoms. The van der Waals surface area contributed by atoms with Crippen molar-refractivity contribution in [2.45, 2.75) is 50.9 Å². The molecule has 1 aliphatic rings. The van der Waals surface area contributed by atoms with Crippen molar-refractivity contribution in [1.29, 1.82) is 0 Å². The van der Waals surface area contributed by atoms with E-state index >= 15 is 0 Å². The minimum absolute atomic E-state index is 0.192. The standard InChI is InChI=1S/C18H26N4O3/c1-21(2)18-19-17(25-20-18)12-22(14-6-8-15(23)9-7-14)11-13-4-3-5-16(24)10-13/h3-5,10,14-15,23-24H,6-9,11-12H2,1-2H3. The molecule has 1 aliphatic carbocycles. The molecule has 7 heteroatoms. The van der Waals surface area contributed by atoms with Gasteiger partial charge in [-0.05, 0) is 48.5 Å². The lowest BCUT2D eigenvalue weighted by molar-refractivity contribution is 0.0613. The Bertz CT molecular complexity index is 680. The highest BCUT2D eigenvalue weighted by atomic mass is 16.5. The van der Waals surface area contributed by atoms with Crippen molar-refractivity contribution in [3.63, 3.8) is 0 Å². The van der Waals surface area contributed by atoms with Crippen molar-refractivity contribution in [3.05, 3.63) is 35.7 Å². The van der Waals surface area contributed by atoms with Gasteiger partial charge in [-0.15, -0.1) is 0 Å². The molecule has 3 rings (SSSR count). The molecule has 2 aromatic rings. The SMILES string of the molecule is CN(C)c1noc(CN(Cc2cccc(O)c2)C2CCC(O)CC2)n1. The van der Waals surface area contributed by atoms with Crippen LogP contribution in [0.4, 0.5) is 5.95 Å². The molecule has 25 heavy (non-hydrogen) atoms. The molecule has 1 saturated carbocycles. The van der Waals surface area contributed by atoms with Gasteiger partial charge in [-0.2, -0.15) is 4.98 Å². The van der Waals surface area contributed by atoms with Gasteiger partial charge in [0.25, 0.3) is 5.95 Å². The quantitative estimate of drug-likeness (QED) is 0.829. The highest BCUT2D eigenvalue weighted by Gasteiger charge is 2.26. The van der Waals surface area contributed by atoms with E-state index in [4.69, 9.17) is 4.52 Å². The number of hydrogen-bond donors (Lipinski definition) is 2. The maximum Gasteiger partial charge on any atom is 0.265 e. The second kappa shape index (κ2) is 7.84. The molecule has 0 aliphatic heterocycles. The summed E-state index contributed by atoms with van der Waals surface area (Å²) in [5.41, 5.74) is 1.04. The summed E-state index contributed by atoms with van der Waals surface area (Å²) >= 11 is 0. The van der Waals surface area contributed by atoms with Crippen molar-refractivity contribution in [2.75, 3.05) is 19.0 Å². The first-order valence-electron chi connectivity index (χ1n) is 8.71. The number of aromatic nitrogens is 2. The van der Waals surface area contributed by atoms with Crippen LogP contribution >= 0.6 is 0 Å². The molecule has 0 amide bonds. The summed E-state index contributed by atoms with van der Waals surface area (Å²) in [7, 11) is 3.75. The minimum Gasteiger partial charge on any atom is -0.508 e. The van der Waals surface area contributed by atoms with Gasteiger partial charge in [0.05, 0.1) is 12.6 Å². The monoisotopic (exact) mass is 346 g/mol. The van der Waals surface area contributed by atoms with Crippen LogP contribution in [0.15, 0.2) is 28.8 Å². The van der Waals surface area contributed by atoms with Gasteiger partial charge in [0.1, 0.15) is 5.75 Å². The molecule has 1 aromatic carbocycles. The van der Waals surface area contributed by atoms with E-state index in [-0.39, 0.29) is 11.9 Å². The third-order valence-corrected chi connectivity index (χ3v) is 4.67. The van der Waals surface area contributed by atoms with E-state index in [2.05, 4.69) is 15.0 Å². The molecular formula is C18H26N4O3. The lowest BCUT2D eigenvalue weighted by Gasteiger charge is -2.35. The second-order valence-electron chi connectivity index (χ2n) is 6.92. The lowest BCUT2D eigenvalue weighted by atomic mass is 9.91. The van der Waals surface area contributed by atoms with Gasteiger partial charge in [0, 0.05) is 26.7 Å². The summed E-state index contributed by atoms with van der Waals surface area (Å²) in [6, 6.07) is 7.66. The van der Waals surface area contributed by atoms with Crippen LogP contribution in [0, 0.1) is 0 Å². The van der Waals surface area contributed by atoms with Gasteiger partial charge in [0.2, 0.25) is 5.89 Å². The summed E-state index contributed by atoms with van der Waals surface area (Å²) in [5.74, 6) is 1.41. The highest BCUT2D eigenvalue weighted by Crippen LogP contribution is 2.26. The van der Waals surface area contributed by atoms with Crippen LogP contribution in [0.3, 0.4) is 0 Å². The maximum absolute atomic E-state index is 9.79. The van der Waals surface area contributed by atoms with Crippen LogP contribution in [0.25, 0.3) is 0 Å². The van der Waals surface area contributed by atoms with Crippen LogP contribution < -0.4 is 4.90 Å². The molecule has 0 saturated heterocycles. The van der Waals surface area contributed by atoms with Gasteiger partial charge in [0.15, 0.2) is 0 Å². The third kappa shape index (κ3) is 4.70. The Morgan fingerprint density at radius 3 is 2.56 bits per heavy atom. The van der Waals surface area contributed by atoms with Crippen molar-refractivity contribution in [1.82, 2.24) is 15.0 Å². The van der Waals surface area contributed by atoms with Gasteiger partial charge in [-0.1, -0.05) is 12.1 Å². The molecule has 0 atom stereocenters. The normalized spacial score (nSPS) is 20.8. The molecule has 0 bridgehead atoms.